The number of carbonyl (C=O) groups excluding carboxylic acids is 1. The Balaban J connectivity index is 1.20. The summed E-state index contributed by atoms with van der Waals surface area (Å²) in [6.07, 6.45) is -1.36. The highest BCUT2D eigenvalue weighted by molar-refractivity contribution is 5.77. The highest BCUT2D eigenvalue weighted by Gasteiger charge is 2.40. The van der Waals surface area contributed by atoms with Gasteiger partial charge in [-0.25, -0.2) is 0 Å². The Hall–Kier alpha value is -3.41. The minimum absolute atomic E-state index is 0.00924. The van der Waals surface area contributed by atoms with Gasteiger partial charge in [0.1, 0.15) is 6.61 Å². The Labute approximate surface area is 206 Å². The van der Waals surface area contributed by atoms with Crippen molar-refractivity contribution in [2.75, 3.05) is 43.0 Å². The minimum Gasteiger partial charge on any atom is -0.379 e. The standard InChI is InChI=1S/C24H28F3N5O4/c25-24(26,27)21-14-18(15-28-23(21)32(34)35)29-17-6-8-20(9-7-17)36-16-22(33)31-12-10-30(11-13-31)19-4-2-1-3-5-19/h1-5,14-15,17,20,29H,6-13,16H2. The van der Waals surface area contributed by atoms with E-state index in [1.54, 1.807) is 0 Å². The third-order valence-electron chi connectivity index (χ3n) is 6.59. The number of aromatic nitrogens is 1. The first-order valence-corrected chi connectivity index (χ1v) is 11.9. The van der Waals surface area contributed by atoms with Gasteiger partial charge in [-0.05, 0) is 53.8 Å². The normalized spacial score (nSPS) is 20.8. The first-order chi connectivity index (χ1) is 17.2. The molecule has 0 radical (unpaired) electrons. The number of halogens is 3. The number of amides is 1. The molecule has 12 heteroatoms. The summed E-state index contributed by atoms with van der Waals surface area (Å²) in [5.41, 5.74) is -0.148. The molecular formula is C24H28F3N5O4. The van der Waals surface area contributed by atoms with E-state index >= 15 is 0 Å². The van der Waals surface area contributed by atoms with Crippen LogP contribution in [0.1, 0.15) is 31.2 Å². The molecule has 2 heterocycles. The van der Waals surface area contributed by atoms with Crippen LogP contribution >= 0.6 is 0 Å². The van der Waals surface area contributed by atoms with Crippen molar-refractivity contribution in [1.82, 2.24) is 9.88 Å². The van der Waals surface area contributed by atoms with E-state index in [0.717, 1.165) is 31.0 Å². The van der Waals surface area contributed by atoms with Gasteiger partial charge in [0.15, 0.2) is 11.8 Å². The first-order valence-electron chi connectivity index (χ1n) is 11.9. The van der Waals surface area contributed by atoms with Gasteiger partial charge >= 0.3 is 12.0 Å². The van der Waals surface area contributed by atoms with Gasteiger partial charge in [0.2, 0.25) is 5.91 Å². The van der Waals surface area contributed by atoms with E-state index in [1.165, 1.54) is 0 Å². The van der Waals surface area contributed by atoms with Crippen molar-refractivity contribution in [3.8, 4) is 0 Å². The van der Waals surface area contributed by atoms with Gasteiger partial charge in [0, 0.05) is 37.9 Å². The molecule has 0 spiro atoms. The second kappa shape index (κ2) is 11.1. The molecule has 2 aromatic rings. The van der Waals surface area contributed by atoms with Crippen molar-refractivity contribution in [1.29, 1.82) is 0 Å². The van der Waals surface area contributed by atoms with Crippen molar-refractivity contribution < 1.29 is 27.6 Å². The zero-order valence-electron chi connectivity index (χ0n) is 19.6. The lowest BCUT2D eigenvalue weighted by Crippen LogP contribution is -2.50. The van der Waals surface area contributed by atoms with Gasteiger partial charge in [0.05, 0.1) is 11.8 Å². The molecule has 2 aliphatic rings. The number of rotatable bonds is 7. The Kier molecular flexibility index (Phi) is 7.92. The molecule has 0 bridgehead atoms. The molecule has 4 rings (SSSR count). The second-order valence-corrected chi connectivity index (χ2v) is 8.98. The van der Waals surface area contributed by atoms with Crippen LogP contribution in [0.4, 0.5) is 30.4 Å². The summed E-state index contributed by atoms with van der Waals surface area (Å²) in [6.45, 7) is 2.81. The zero-order chi connectivity index (χ0) is 25.7. The number of pyridine rings is 1. The summed E-state index contributed by atoms with van der Waals surface area (Å²) in [4.78, 5) is 29.8. The van der Waals surface area contributed by atoms with Gasteiger partial charge in [-0.1, -0.05) is 18.2 Å². The van der Waals surface area contributed by atoms with Crippen molar-refractivity contribution >= 4 is 23.1 Å². The summed E-state index contributed by atoms with van der Waals surface area (Å²) in [7, 11) is 0. The first kappa shape index (κ1) is 25.7. The fourth-order valence-corrected chi connectivity index (χ4v) is 4.63. The van der Waals surface area contributed by atoms with Crippen molar-refractivity contribution in [2.45, 2.75) is 44.0 Å². The number of nitrogens with one attached hydrogen (secondary N) is 1. The predicted molar refractivity (Wildman–Crippen MR) is 127 cm³/mol. The van der Waals surface area contributed by atoms with Gasteiger partial charge in [-0.2, -0.15) is 13.2 Å². The molecule has 0 unspecified atom stereocenters. The largest absolute Gasteiger partial charge is 0.424 e. The predicted octanol–water partition coefficient (Wildman–Crippen LogP) is 4.10. The molecule has 0 atom stereocenters. The molecular weight excluding hydrogens is 479 g/mol. The number of nitrogens with zero attached hydrogens (tertiary/aromatic N) is 4. The highest BCUT2D eigenvalue weighted by atomic mass is 19.4. The third-order valence-corrected chi connectivity index (χ3v) is 6.59. The van der Waals surface area contributed by atoms with E-state index in [-0.39, 0.29) is 30.3 Å². The average molecular weight is 508 g/mol. The van der Waals surface area contributed by atoms with E-state index in [9.17, 15) is 28.1 Å². The van der Waals surface area contributed by atoms with E-state index in [0.29, 0.717) is 38.8 Å². The topological polar surface area (TPSA) is 101 Å². The number of ether oxygens (including phenoxy) is 1. The van der Waals surface area contributed by atoms with Crippen LogP contribution in [0.15, 0.2) is 42.6 Å². The Morgan fingerprint density at radius 2 is 1.78 bits per heavy atom. The summed E-state index contributed by atoms with van der Waals surface area (Å²) >= 11 is 0. The number of alkyl halides is 3. The van der Waals surface area contributed by atoms with Crippen LogP contribution in [0, 0.1) is 10.1 Å². The van der Waals surface area contributed by atoms with Crippen LogP contribution in [-0.2, 0) is 15.7 Å². The molecule has 1 aliphatic carbocycles. The lowest BCUT2D eigenvalue weighted by atomic mass is 9.92. The number of nitro groups is 1. The lowest BCUT2D eigenvalue weighted by Gasteiger charge is -2.36. The SMILES string of the molecule is O=C(COC1CCC(Nc2cnc([N+](=O)[O-])c(C(F)(F)F)c2)CC1)N1CCN(c2ccccc2)CC1. The molecule has 194 valence electrons. The number of hydrogen-bond acceptors (Lipinski definition) is 7. The van der Waals surface area contributed by atoms with Gasteiger partial charge in [0.25, 0.3) is 0 Å². The quantitative estimate of drug-likeness (QED) is 0.445. The number of anilines is 2. The van der Waals surface area contributed by atoms with Gasteiger partial charge < -0.3 is 30.0 Å². The van der Waals surface area contributed by atoms with E-state index in [2.05, 4.69) is 27.3 Å². The molecule has 2 fully saturated rings. The number of hydrogen-bond donors (Lipinski definition) is 1. The fraction of sp³-hybridized carbons (Fsp3) is 0.500. The van der Waals surface area contributed by atoms with Crippen LogP contribution < -0.4 is 10.2 Å². The van der Waals surface area contributed by atoms with Crippen molar-refractivity contribution in [2.24, 2.45) is 0 Å². The van der Waals surface area contributed by atoms with Crippen LogP contribution in [0.2, 0.25) is 0 Å². The summed E-state index contributed by atoms with van der Waals surface area (Å²) in [5.74, 6) is -1.25. The Morgan fingerprint density at radius 3 is 2.39 bits per heavy atom. The van der Waals surface area contributed by atoms with E-state index < -0.39 is 22.5 Å². The minimum atomic E-state index is -4.88. The summed E-state index contributed by atoms with van der Waals surface area (Å²) in [5, 5.41) is 13.9. The van der Waals surface area contributed by atoms with Gasteiger partial charge in [-0.15, -0.1) is 0 Å². The highest BCUT2D eigenvalue weighted by Crippen LogP contribution is 2.36. The molecule has 1 aromatic carbocycles. The number of carbonyl (C=O) groups is 1. The third kappa shape index (κ3) is 6.42. The maximum absolute atomic E-state index is 13.2. The maximum Gasteiger partial charge on any atom is 0.424 e. The number of para-hydroxylation sites is 1. The summed E-state index contributed by atoms with van der Waals surface area (Å²) in [6, 6.07) is 10.7. The Bertz CT molecular complexity index is 1050. The summed E-state index contributed by atoms with van der Waals surface area (Å²) < 4.78 is 45.4. The number of benzene rings is 1. The second-order valence-electron chi connectivity index (χ2n) is 8.98. The average Bonchev–Trinajstić information content (AvgIpc) is 2.88. The maximum atomic E-state index is 13.2. The lowest BCUT2D eigenvalue weighted by molar-refractivity contribution is -0.392. The van der Waals surface area contributed by atoms with Crippen molar-refractivity contribution in [3.63, 3.8) is 0 Å². The van der Waals surface area contributed by atoms with Crippen LogP contribution in [0.3, 0.4) is 0 Å². The van der Waals surface area contributed by atoms with Crippen LogP contribution in [0.25, 0.3) is 0 Å². The Morgan fingerprint density at radius 1 is 1.11 bits per heavy atom. The van der Waals surface area contributed by atoms with Crippen molar-refractivity contribution in [3.05, 3.63) is 58.3 Å². The molecule has 1 N–H and O–H groups in total. The molecule has 1 amide bonds. The van der Waals surface area contributed by atoms with E-state index in [4.69, 9.17) is 4.74 Å². The number of piperazine rings is 1. The fourth-order valence-electron chi connectivity index (χ4n) is 4.63. The molecule has 36 heavy (non-hydrogen) atoms. The molecule has 9 nitrogen and oxygen atoms in total. The monoisotopic (exact) mass is 507 g/mol. The molecule has 1 aromatic heterocycles. The molecule has 1 aliphatic heterocycles. The molecule has 1 saturated carbocycles. The van der Waals surface area contributed by atoms with Crippen LogP contribution in [0.5, 0.6) is 0 Å². The van der Waals surface area contributed by atoms with Gasteiger partial charge in [-0.3, -0.25) is 4.79 Å². The molecule has 1 saturated heterocycles. The zero-order valence-corrected chi connectivity index (χ0v) is 19.6. The smallest absolute Gasteiger partial charge is 0.379 e. The van der Waals surface area contributed by atoms with E-state index in [1.807, 2.05) is 23.1 Å². The van der Waals surface area contributed by atoms with Crippen LogP contribution in [-0.4, -0.2) is 65.6 Å².